The van der Waals surface area contributed by atoms with Crippen molar-refractivity contribution in [1.82, 2.24) is 20.1 Å². The Morgan fingerprint density at radius 1 is 1.17 bits per heavy atom. The zero-order valence-corrected chi connectivity index (χ0v) is 18.4. The predicted octanol–water partition coefficient (Wildman–Crippen LogP) is 3.25. The highest BCUT2D eigenvalue weighted by molar-refractivity contribution is 6.06. The maximum absolute atomic E-state index is 12.8. The van der Waals surface area contributed by atoms with Gasteiger partial charge in [-0.2, -0.15) is 0 Å². The van der Waals surface area contributed by atoms with Crippen LogP contribution in [0.2, 0.25) is 0 Å². The number of carbonyl (C=O) groups is 1. The minimum Gasteiger partial charge on any atom is -0.381 e. The molecular formula is C24H36N4O2. The summed E-state index contributed by atoms with van der Waals surface area (Å²) < 4.78 is 5.61. The molecule has 2 fully saturated rings. The molecule has 6 nitrogen and oxygen atoms in total. The molecule has 6 heteroatoms. The quantitative estimate of drug-likeness (QED) is 0.733. The van der Waals surface area contributed by atoms with Crippen molar-refractivity contribution in [1.29, 1.82) is 0 Å². The van der Waals surface area contributed by atoms with Crippen LogP contribution in [0.25, 0.3) is 10.9 Å². The van der Waals surface area contributed by atoms with Crippen LogP contribution in [0.1, 0.15) is 49.9 Å². The third kappa shape index (κ3) is 4.88. The van der Waals surface area contributed by atoms with E-state index < -0.39 is 0 Å². The van der Waals surface area contributed by atoms with Crippen molar-refractivity contribution < 1.29 is 9.53 Å². The second kappa shape index (κ2) is 9.94. The van der Waals surface area contributed by atoms with Gasteiger partial charge in [-0.15, -0.1) is 0 Å². The molecule has 0 radical (unpaired) electrons. The Labute approximate surface area is 179 Å². The van der Waals surface area contributed by atoms with Crippen LogP contribution in [0.15, 0.2) is 30.5 Å². The molecule has 0 aliphatic carbocycles. The highest BCUT2D eigenvalue weighted by Crippen LogP contribution is 2.24. The van der Waals surface area contributed by atoms with Gasteiger partial charge in [0.1, 0.15) is 0 Å². The van der Waals surface area contributed by atoms with Crippen molar-refractivity contribution in [2.24, 2.45) is 0 Å². The molecule has 1 aromatic carbocycles. The number of benzene rings is 1. The largest absolute Gasteiger partial charge is 0.381 e. The third-order valence-corrected chi connectivity index (χ3v) is 6.85. The number of nitrogens with zero attached hydrogens (tertiary/aromatic N) is 2. The lowest BCUT2D eigenvalue weighted by Gasteiger charge is -2.44. The molecule has 2 N–H and O–H groups in total. The van der Waals surface area contributed by atoms with Gasteiger partial charge in [-0.3, -0.25) is 9.69 Å². The zero-order valence-electron chi connectivity index (χ0n) is 18.4. The second-order valence-electron chi connectivity index (χ2n) is 8.94. The molecule has 1 amide bonds. The Balaban J connectivity index is 1.37. The number of ether oxygens (including phenoxy) is 1. The van der Waals surface area contributed by atoms with Gasteiger partial charge in [-0.1, -0.05) is 6.07 Å². The Morgan fingerprint density at radius 2 is 1.90 bits per heavy atom. The monoisotopic (exact) mass is 412 g/mol. The lowest BCUT2D eigenvalue weighted by atomic mass is 9.97. The molecule has 2 saturated heterocycles. The van der Waals surface area contributed by atoms with Crippen LogP contribution < -0.4 is 5.32 Å². The summed E-state index contributed by atoms with van der Waals surface area (Å²) in [6, 6.07) is 9.61. The van der Waals surface area contributed by atoms with E-state index in [1.807, 2.05) is 30.5 Å². The molecule has 2 aliphatic heterocycles. The number of likely N-dealkylation sites (tertiary alicyclic amines) is 1. The van der Waals surface area contributed by atoms with Gasteiger partial charge in [0.15, 0.2) is 0 Å². The highest BCUT2D eigenvalue weighted by atomic mass is 16.5. The van der Waals surface area contributed by atoms with Crippen LogP contribution >= 0.6 is 0 Å². The van der Waals surface area contributed by atoms with Gasteiger partial charge >= 0.3 is 0 Å². The molecule has 0 bridgehead atoms. The number of fused-ring (bicyclic) bond motifs is 1. The molecule has 0 unspecified atom stereocenters. The van der Waals surface area contributed by atoms with Crippen molar-refractivity contribution in [3.63, 3.8) is 0 Å². The van der Waals surface area contributed by atoms with Crippen molar-refractivity contribution in [2.45, 2.75) is 57.7 Å². The molecule has 1 aromatic heterocycles. The van der Waals surface area contributed by atoms with Crippen LogP contribution in [0.5, 0.6) is 0 Å². The summed E-state index contributed by atoms with van der Waals surface area (Å²) in [5, 5.41) is 4.16. The number of hydrogen-bond donors (Lipinski definition) is 2. The summed E-state index contributed by atoms with van der Waals surface area (Å²) in [4.78, 5) is 21.3. The predicted molar refractivity (Wildman–Crippen MR) is 121 cm³/mol. The smallest absolute Gasteiger partial charge is 0.252 e. The van der Waals surface area contributed by atoms with Crippen LogP contribution in [0.4, 0.5) is 0 Å². The maximum Gasteiger partial charge on any atom is 0.252 e. The number of H-pyrrole nitrogens is 1. The highest BCUT2D eigenvalue weighted by Gasteiger charge is 2.31. The molecule has 3 heterocycles. The number of aromatic amines is 1. The van der Waals surface area contributed by atoms with Gasteiger partial charge in [0.2, 0.25) is 0 Å². The van der Waals surface area contributed by atoms with Gasteiger partial charge in [0, 0.05) is 67.1 Å². The molecule has 0 spiro atoms. The first-order valence-corrected chi connectivity index (χ1v) is 11.6. The summed E-state index contributed by atoms with van der Waals surface area (Å²) in [5.74, 6) is 0.0155. The summed E-state index contributed by atoms with van der Waals surface area (Å²) in [6.07, 6.45) is 6.51. The van der Waals surface area contributed by atoms with E-state index in [1.165, 1.54) is 25.9 Å². The average Bonchev–Trinajstić information content (AvgIpc) is 3.26. The van der Waals surface area contributed by atoms with E-state index in [9.17, 15) is 4.79 Å². The van der Waals surface area contributed by atoms with Crippen molar-refractivity contribution in [2.75, 3.05) is 39.4 Å². The van der Waals surface area contributed by atoms with Gasteiger partial charge in [-0.25, -0.2) is 0 Å². The van der Waals surface area contributed by atoms with Crippen LogP contribution in [0.3, 0.4) is 0 Å². The van der Waals surface area contributed by atoms with Gasteiger partial charge < -0.3 is 19.9 Å². The van der Waals surface area contributed by atoms with Crippen molar-refractivity contribution in [3.05, 3.63) is 36.0 Å². The van der Waals surface area contributed by atoms with E-state index in [2.05, 4.69) is 33.9 Å². The standard InChI is InChI=1S/C24H36N4O2/c1-18(2)27-13-7-19(8-14-27)28(20-9-16-30-17-10-20)15-12-26-24(29)22-4-3-5-23-21(22)6-11-25-23/h3-6,11,18-20,25H,7-10,12-17H2,1-2H3,(H,26,29). The average molecular weight is 413 g/mol. The Hall–Kier alpha value is -1.89. The van der Waals surface area contributed by atoms with Gasteiger partial charge in [0.05, 0.1) is 0 Å². The first kappa shape index (κ1) is 21.3. The minimum atomic E-state index is 0.0155. The van der Waals surface area contributed by atoms with Gasteiger partial charge in [-0.05, 0) is 70.8 Å². The minimum absolute atomic E-state index is 0.0155. The fourth-order valence-electron chi connectivity index (χ4n) is 5.09. The number of rotatable bonds is 7. The van der Waals surface area contributed by atoms with E-state index >= 15 is 0 Å². The zero-order chi connectivity index (χ0) is 20.9. The van der Waals surface area contributed by atoms with E-state index in [1.54, 1.807) is 0 Å². The van der Waals surface area contributed by atoms with Gasteiger partial charge in [0.25, 0.3) is 5.91 Å². The number of nitrogens with one attached hydrogen (secondary N) is 2. The lowest BCUT2D eigenvalue weighted by Crippen LogP contribution is -2.53. The van der Waals surface area contributed by atoms with E-state index in [-0.39, 0.29) is 5.91 Å². The molecule has 4 rings (SSSR count). The topological polar surface area (TPSA) is 60.6 Å². The molecule has 2 aromatic rings. The number of hydrogen-bond acceptors (Lipinski definition) is 4. The molecule has 0 atom stereocenters. The van der Waals surface area contributed by atoms with E-state index in [0.29, 0.717) is 24.7 Å². The third-order valence-electron chi connectivity index (χ3n) is 6.85. The number of amides is 1. The molecular weight excluding hydrogens is 376 g/mol. The normalized spacial score (nSPS) is 19.7. The number of aromatic nitrogens is 1. The van der Waals surface area contributed by atoms with E-state index in [4.69, 9.17) is 4.74 Å². The van der Waals surface area contributed by atoms with Crippen LogP contribution in [-0.2, 0) is 4.74 Å². The van der Waals surface area contributed by atoms with Crippen LogP contribution in [0, 0.1) is 0 Å². The van der Waals surface area contributed by atoms with E-state index in [0.717, 1.165) is 49.1 Å². The molecule has 2 aliphatic rings. The number of carbonyl (C=O) groups excluding carboxylic acids is 1. The summed E-state index contributed by atoms with van der Waals surface area (Å²) >= 11 is 0. The summed E-state index contributed by atoms with van der Waals surface area (Å²) in [6.45, 7) is 10.2. The number of piperidine rings is 1. The first-order valence-electron chi connectivity index (χ1n) is 11.6. The Bertz CT molecular complexity index is 819. The SMILES string of the molecule is CC(C)N1CCC(N(CCNC(=O)c2cccc3[nH]ccc23)C2CCOCC2)CC1. The van der Waals surface area contributed by atoms with Crippen LogP contribution in [-0.4, -0.2) is 78.2 Å². The Kier molecular flexibility index (Phi) is 7.08. The first-order chi connectivity index (χ1) is 14.6. The summed E-state index contributed by atoms with van der Waals surface area (Å²) in [7, 11) is 0. The fraction of sp³-hybridized carbons (Fsp3) is 0.625. The Morgan fingerprint density at radius 3 is 2.63 bits per heavy atom. The fourth-order valence-corrected chi connectivity index (χ4v) is 5.09. The van der Waals surface area contributed by atoms with Crippen molar-refractivity contribution >= 4 is 16.8 Å². The molecule has 164 valence electrons. The maximum atomic E-state index is 12.8. The molecule has 30 heavy (non-hydrogen) atoms. The van der Waals surface area contributed by atoms with Crippen molar-refractivity contribution in [3.8, 4) is 0 Å². The summed E-state index contributed by atoms with van der Waals surface area (Å²) in [5.41, 5.74) is 1.75. The molecule has 0 saturated carbocycles. The lowest BCUT2D eigenvalue weighted by molar-refractivity contribution is 0.0000258. The second-order valence-corrected chi connectivity index (χ2v) is 8.94.